The third kappa shape index (κ3) is 4.13. The zero-order valence-corrected chi connectivity index (χ0v) is 18.5. The predicted molar refractivity (Wildman–Crippen MR) is 113 cm³/mol. The van der Waals surface area contributed by atoms with Crippen molar-refractivity contribution in [3.05, 3.63) is 45.1 Å². The molecule has 154 valence electrons. The summed E-state index contributed by atoms with van der Waals surface area (Å²) in [5.41, 5.74) is 1.70. The number of hydrogen-bond donors (Lipinski definition) is 2. The summed E-state index contributed by atoms with van der Waals surface area (Å²) in [4.78, 5) is 2.25. The molecule has 2 N–H and O–H groups in total. The number of aliphatic hydroxyl groups is 1. The number of aliphatic hydroxyl groups excluding tert-OH is 1. The van der Waals surface area contributed by atoms with Crippen molar-refractivity contribution in [2.24, 2.45) is 0 Å². The summed E-state index contributed by atoms with van der Waals surface area (Å²) < 4.78 is 34.4. The van der Waals surface area contributed by atoms with E-state index in [1.165, 1.54) is 7.11 Å². The van der Waals surface area contributed by atoms with Gasteiger partial charge >= 0.3 is 0 Å². The quantitative estimate of drug-likeness (QED) is 0.699. The van der Waals surface area contributed by atoms with Crippen molar-refractivity contribution in [3.63, 3.8) is 0 Å². The molecule has 28 heavy (non-hydrogen) atoms. The lowest BCUT2D eigenvalue weighted by atomic mass is 9.85. The van der Waals surface area contributed by atoms with E-state index in [0.717, 1.165) is 46.6 Å². The molecule has 1 atom stereocenters. The number of aryl methyl sites for hydroxylation is 2. The second-order valence-electron chi connectivity index (χ2n) is 7.78. The van der Waals surface area contributed by atoms with Crippen molar-refractivity contribution >= 4 is 21.4 Å². The molecule has 2 aromatic rings. The molecule has 1 fully saturated rings. The normalized spacial score (nSPS) is 17.6. The summed E-state index contributed by atoms with van der Waals surface area (Å²) in [7, 11) is -2.21. The molecule has 1 aliphatic carbocycles. The molecule has 1 aromatic heterocycles. The second-order valence-corrected chi connectivity index (χ2v) is 10.6. The maximum absolute atomic E-state index is 13.1. The van der Waals surface area contributed by atoms with E-state index in [2.05, 4.69) is 4.72 Å². The standard InChI is InChI=1S/C21H29NO4S2/c1-14-11-17(26-4)19(12-15(14)2)28(24,25)22-13-21(9-5-6-10-21)20-8-7-18(27-20)16(3)23/h7-8,11-12,16,22-23H,5-6,9-10,13H2,1-4H3. The summed E-state index contributed by atoms with van der Waals surface area (Å²) in [6, 6.07) is 7.44. The van der Waals surface area contributed by atoms with Gasteiger partial charge in [-0.1, -0.05) is 12.8 Å². The first-order valence-electron chi connectivity index (χ1n) is 9.62. The average Bonchev–Trinajstić information content (AvgIpc) is 3.32. The van der Waals surface area contributed by atoms with Crippen LogP contribution < -0.4 is 9.46 Å². The molecule has 0 bridgehead atoms. The number of ether oxygens (including phenoxy) is 1. The zero-order chi connectivity index (χ0) is 20.5. The first kappa shape index (κ1) is 21.3. The molecule has 1 aromatic carbocycles. The van der Waals surface area contributed by atoms with Crippen molar-refractivity contribution in [1.29, 1.82) is 0 Å². The molecule has 1 saturated carbocycles. The van der Waals surface area contributed by atoms with E-state index in [1.54, 1.807) is 30.4 Å². The van der Waals surface area contributed by atoms with Crippen LogP contribution in [0.3, 0.4) is 0 Å². The molecule has 5 nitrogen and oxygen atoms in total. The summed E-state index contributed by atoms with van der Waals surface area (Å²) in [6.45, 7) is 5.94. The molecule has 1 heterocycles. The number of rotatable bonds is 7. The number of sulfonamides is 1. The predicted octanol–water partition coefficient (Wildman–Crippen LogP) is 4.22. The van der Waals surface area contributed by atoms with E-state index < -0.39 is 16.1 Å². The molecular formula is C21H29NO4S2. The second kappa shape index (κ2) is 8.14. The number of benzene rings is 1. The van der Waals surface area contributed by atoms with Crippen LogP contribution in [0.15, 0.2) is 29.2 Å². The van der Waals surface area contributed by atoms with Crippen LogP contribution in [0.5, 0.6) is 5.75 Å². The van der Waals surface area contributed by atoms with Gasteiger partial charge in [0, 0.05) is 21.7 Å². The maximum atomic E-state index is 13.1. The molecule has 1 unspecified atom stereocenters. The first-order chi connectivity index (χ1) is 13.2. The molecule has 0 aliphatic heterocycles. The third-order valence-corrected chi connectivity index (χ3v) is 8.72. The van der Waals surface area contributed by atoms with Crippen LogP contribution in [-0.4, -0.2) is 27.2 Å². The zero-order valence-electron chi connectivity index (χ0n) is 16.9. The van der Waals surface area contributed by atoms with Crippen LogP contribution in [0, 0.1) is 13.8 Å². The molecule has 3 rings (SSSR count). The van der Waals surface area contributed by atoms with Crippen LogP contribution in [0.1, 0.15) is 59.6 Å². The highest BCUT2D eigenvalue weighted by molar-refractivity contribution is 7.89. The smallest absolute Gasteiger partial charge is 0.244 e. The van der Waals surface area contributed by atoms with Gasteiger partial charge in [0.1, 0.15) is 10.6 Å². The molecule has 0 radical (unpaired) electrons. The van der Waals surface area contributed by atoms with Gasteiger partial charge in [-0.05, 0) is 69.0 Å². The Morgan fingerprint density at radius 2 is 1.86 bits per heavy atom. The van der Waals surface area contributed by atoms with E-state index in [9.17, 15) is 13.5 Å². The van der Waals surface area contributed by atoms with Crippen molar-refractivity contribution in [2.75, 3.05) is 13.7 Å². The minimum Gasteiger partial charge on any atom is -0.495 e. The summed E-state index contributed by atoms with van der Waals surface area (Å²) in [5, 5.41) is 9.86. The Morgan fingerprint density at radius 3 is 2.43 bits per heavy atom. The van der Waals surface area contributed by atoms with Crippen molar-refractivity contribution < 1.29 is 18.3 Å². The summed E-state index contributed by atoms with van der Waals surface area (Å²) in [5.74, 6) is 0.364. The number of hydrogen-bond acceptors (Lipinski definition) is 5. The summed E-state index contributed by atoms with van der Waals surface area (Å²) >= 11 is 1.59. The number of methoxy groups -OCH3 is 1. The van der Waals surface area contributed by atoms with Crippen molar-refractivity contribution in [1.82, 2.24) is 4.72 Å². The Balaban J connectivity index is 1.88. The number of nitrogens with one attached hydrogen (secondary N) is 1. The lowest BCUT2D eigenvalue weighted by molar-refractivity contribution is 0.203. The van der Waals surface area contributed by atoms with Gasteiger partial charge < -0.3 is 9.84 Å². The highest BCUT2D eigenvalue weighted by Crippen LogP contribution is 2.44. The Hall–Kier alpha value is -1.41. The average molecular weight is 424 g/mol. The minimum atomic E-state index is -3.71. The monoisotopic (exact) mass is 423 g/mol. The first-order valence-corrected chi connectivity index (χ1v) is 11.9. The SMILES string of the molecule is COc1cc(C)c(C)cc1S(=O)(=O)NCC1(c2ccc(C(C)O)s2)CCCC1. The maximum Gasteiger partial charge on any atom is 0.244 e. The summed E-state index contributed by atoms with van der Waals surface area (Å²) in [6.07, 6.45) is 3.54. The highest BCUT2D eigenvalue weighted by atomic mass is 32.2. The fraction of sp³-hybridized carbons (Fsp3) is 0.524. The molecule has 0 saturated heterocycles. The topological polar surface area (TPSA) is 75.6 Å². The number of thiophene rings is 1. The lowest BCUT2D eigenvalue weighted by Gasteiger charge is -2.28. The van der Waals surface area contributed by atoms with Gasteiger partial charge in [-0.15, -0.1) is 11.3 Å². The van der Waals surface area contributed by atoms with Gasteiger partial charge in [0.15, 0.2) is 0 Å². The van der Waals surface area contributed by atoms with Crippen molar-refractivity contribution in [2.45, 2.75) is 62.9 Å². The Morgan fingerprint density at radius 1 is 1.21 bits per heavy atom. The fourth-order valence-electron chi connectivity index (χ4n) is 3.87. The van der Waals surface area contributed by atoms with E-state index >= 15 is 0 Å². The molecule has 0 spiro atoms. The highest BCUT2D eigenvalue weighted by Gasteiger charge is 2.38. The van der Waals surface area contributed by atoms with Gasteiger partial charge in [-0.25, -0.2) is 13.1 Å². The Labute approximate surface area is 171 Å². The van der Waals surface area contributed by atoms with Crippen LogP contribution in [0.4, 0.5) is 0 Å². The lowest BCUT2D eigenvalue weighted by Crippen LogP contribution is -2.38. The van der Waals surface area contributed by atoms with E-state index in [4.69, 9.17) is 4.74 Å². The van der Waals surface area contributed by atoms with Gasteiger partial charge in [-0.2, -0.15) is 0 Å². The van der Waals surface area contributed by atoms with Crippen molar-refractivity contribution in [3.8, 4) is 5.75 Å². The van der Waals surface area contributed by atoms with Crippen LogP contribution >= 0.6 is 11.3 Å². The van der Waals surface area contributed by atoms with Crippen LogP contribution in [-0.2, 0) is 15.4 Å². The van der Waals surface area contributed by atoms with Gasteiger partial charge in [-0.3, -0.25) is 0 Å². The molecular weight excluding hydrogens is 394 g/mol. The van der Waals surface area contributed by atoms with Crippen LogP contribution in [0.25, 0.3) is 0 Å². The van der Waals surface area contributed by atoms with Gasteiger partial charge in [0.25, 0.3) is 0 Å². The fourth-order valence-corrected chi connectivity index (χ4v) is 6.42. The molecule has 1 aliphatic rings. The van der Waals surface area contributed by atoms with E-state index in [0.29, 0.717) is 12.3 Å². The Kier molecular flexibility index (Phi) is 6.20. The largest absolute Gasteiger partial charge is 0.495 e. The van der Waals surface area contributed by atoms with E-state index in [1.807, 2.05) is 26.0 Å². The third-order valence-electron chi connectivity index (χ3n) is 5.79. The molecule has 0 amide bonds. The van der Waals surface area contributed by atoms with E-state index in [-0.39, 0.29) is 10.3 Å². The van der Waals surface area contributed by atoms with Gasteiger partial charge in [0.05, 0.1) is 13.2 Å². The molecule has 7 heteroatoms. The Bertz CT molecular complexity index is 941. The minimum absolute atomic E-state index is 0.182. The van der Waals surface area contributed by atoms with Gasteiger partial charge in [0.2, 0.25) is 10.0 Å². The van der Waals surface area contributed by atoms with Crippen LogP contribution in [0.2, 0.25) is 0 Å².